The van der Waals surface area contributed by atoms with Crippen LogP contribution in [-0.2, 0) is 28.7 Å². The van der Waals surface area contributed by atoms with E-state index in [9.17, 15) is 9.59 Å². The Morgan fingerprint density at radius 1 is 1.18 bits per heavy atom. The van der Waals surface area contributed by atoms with Gasteiger partial charge in [0.05, 0.1) is 18.1 Å². The molecule has 3 N–H and O–H groups in total. The second-order valence-electron chi connectivity index (χ2n) is 10.8. The summed E-state index contributed by atoms with van der Waals surface area (Å²) in [4.78, 5) is 44.4. The maximum atomic E-state index is 12.6. The van der Waals surface area contributed by atoms with Gasteiger partial charge in [0.1, 0.15) is 6.10 Å². The molecule has 0 aromatic rings. The summed E-state index contributed by atoms with van der Waals surface area (Å²) >= 11 is 0. The van der Waals surface area contributed by atoms with E-state index in [4.69, 9.17) is 29.3 Å². The lowest BCUT2D eigenvalue weighted by Gasteiger charge is -2.51. The molecule has 190 valence electrons. The van der Waals surface area contributed by atoms with Crippen molar-refractivity contribution in [3.63, 3.8) is 0 Å². The summed E-state index contributed by atoms with van der Waals surface area (Å²) in [5.74, 6) is -2.49. The summed E-state index contributed by atoms with van der Waals surface area (Å²) in [7, 11) is 0. The lowest BCUT2D eigenvalue weighted by atomic mass is 9.53. The highest BCUT2D eigenvalue weighted by Gasteiger charge is 2.64. The molecule has 5 rings (SSSR count). The number of nitrogens with zero attached hydrogens (tertiary/aromatic N) is 1. The van der Waals surface area contributed by atoms with Gasteiger partial charge in [-0.1, -0.05) is 6.92 Å². The summed E-state index contributed by atoms with van der Waals surface area (Å²) in [6, 6.07) is 0. The Bertz CT molecular complexity index is 816. The lowest BCUT2D eigenvalue weighted by molar-refractivity contribution is -0.159. The fourth-order valence-corrected chi connectivity index (χ4v) is 6.78. The van der Waals surface area contributed by atoms with E-state index in [1.54, 1.807) is 0 Å². The molecule has 10 heteroatoms. The van der Waals surface area contributed by atoms with Crippen molar-refractivity contribution in [3.05, 3.63) is 0 Å². The molecule has 3 aliphatic heterocycles. The average molecular weight is 481 g/mol. The minimum absolute atomic E-state index is 0.00904. The van der Waals surface area contributed by atoms with E-state index in [2.05, 4.69) is 12.2 Å². The largest absolute Gasteiger partial charge is 0.473 e. The number of carbonyl (C=O) groups excluding carboxylic acids is 2. The van der Waals surface area contributed by atoms with Gasteiger partial charge in [-0.3, -0.25) is 9.59 Å². The number of carboxylic acids is 2. The van der Waals surface area contributed by atoms with Gasteiger partial charge in [0.2, 0.25) is 5.91 Å². The molecule has 0 aromatic carbocycles. The quantitative estimate of drug-likeness (QED) is 0.221. The van der Waals surface area contributed by atoms with Crippen LogP contribution in [0.5, 0.6) is 0 Å². The van der Waals surface area contributed by atoms with E-state index in [1.165, 1.54) is 19.3 Å². The number of carbonyl (C=O) groups is 4. The molecule has 0 aromatic heterocycles. The van der Waals surface area contributed by atoms with E-state index in [-0.39, 0.29) is 34.9 Å². The molecule has 5 aliphatic rings. The summed E-state index contributed by atoms with van der Waals surface area (Å²) in [6.45, 7) is 6.59. The molecule has 1 amide bonds. The van der Waals surface area contributed by atoms with Crippen molar-refractivity contribution < 1.29 is 38.9 Å². The SMILES string of the molecule is C[C@]12CCCC3(CO3)C1C[C@@H]1C(CNCCCN3CCCC3=O)C(=O)O[C@@H]1C2.O=C(O)C(=O)O. The Morgan fingerprint density at radius 3 is 2.53 bits per heavy atom. The zero-order chi connectivity index (χ0) is 24.5. The number of hydrogen-bond donors (Lipinski definition) is 3. The van der Waals surface area contributed by atoms with Crippen LogP contribution in [0.3, 0.4) is 0 Å². The minimum Gasteiger partial charge on any atom is -0.473 e. The number of epoxide rings is 1. The summed E-state index contributed by atoms with van der Waals surface area (Å²) in [5.41, 5.74) is 0.380. The third kappa shape index (κ3) is 5.07. The molecule has 3 heterocycles. The van der Waals surface area contributed by atoms with E-state index >= 15 is 0 Å². The zero-order valence-electron chi connectivity index (χ0n) is 19.8. The monoisotopic (exact) mass is 480 g/mol. The lowest BCUT2D eigenvalue weighted by Crippen LogP contribution is -2.51. The van der Waals surface area contributed by atoms with Crippen molar-refractivity contribution in [2.75, 3.05) is 32.8 Å². The molecule has 5 fully saturated rings. The van der Waals surface area contributed by atoms with Gasteiger partial charge in [0, 0.05) is 32.0 Å². The van der Waals surface area contributed by atoms with Gasteiger partial charge < -0.3 is 29.9 Å². The number of amides is 1. The molecule has 1 spiro atoms. The molecular formula is C24H36N2O8. The van der Waals surface area contributed by atoms with E-state index < -0.39 is 11.9 Å². The predicted molar refractivity (Wildman–Crippen MR) is 119 cm³/mol. The molecule has 10 nitrogen and oxygen atoms in total. The maximum absolute atomic E-state index is 12.6. The van der Waals surface area contributed by atoms with Crippen molar-refractivity contribution in [1.29, 1.82) is 0 Å². The zero-order valence-corrected chi connectivity index (χ0v) is 19.8. The smallest absolute Gasteiger partial charge is 0.414 e. The number of ether oxygens (including phenoxy) is 2. The van der Waals surface area contributed by atoms with Crippen molar-refractivity contribution in [2.24, 2.45) is 23.2 Å². The van der Waals surface area contributed by atoms with Gasteiger partial charge in [-0.05, 0) is 62.8 Å². The van der Waals surface area contributed by atoms with Crippen molar-refractivity contribution in [2.45, 2.75) is 70.0 Å². The van der Waals surface area contributed by atoms with Gasteiger partial charge in [0.15, 0.2) is 0 Å². The number of nitrogens with one attached hydrogen (secondary N) is 1. The van der Waals surface area contributed by atoms with Gasteiger partial charge in [-0.2, -0.15) is 0 Å². The van der Waals surface area contributed by atoms with Gasteiger partial charge in [-0.15, -0.1) is 0 Å². The highest BCUT2D eigenvalue weighted by Crippen LogP contribution is 2.62. The Morgan fingerprint density at radius 2 is 1.91 bits per heavy atom. The van der Waals surface area contributed by atoms with Gasteiger partial charge >= 0.3 is 17.9 Å². The Labute approximate surface area is 199 Å². The van der Waals surface area contributed by atoms with Gasteiger partial charge in [0.25, 0.3) is 0 Å². The Balaban J connectivity index is 0.000000408. The standard InChI is InChI=1S/C22H34N2O4.C2H2O4/c1-21-6-3-7-22(14-27-22)18(21)11-15-16(20(26)28-17(15)12-21)13-23-8-4-10-24-9-2-5-19(24)25;3-1(4)2(5)6/h15-18,23H,2-14H2,1H3;(H,3,4)(H,5,6)/t15-,16?,17-,18?,21-,22?;/m1./s1. The van der Waals surface area contributed by atoms with Crippen LogP contribution in [0.4, 0.5) is 0 Å². The van der Waals surface area contributed by atoms with E-state index in [1.807, 2.05) is 4.90 Å². The van der Waals surface area contributed by atoms with Crippen molar-refractivity contribution in [3.8, 4) is 0 Å². The first-order valence-electron chi connectivity index (χ1n) is 12.4. The Kier molecular flexibility index (Phi) is 7.19. The van der Waals surface area contributed by atoms with Crippen LogP contribution in [0.2, 0.25) is 0 Å². The van der Waals surface area contributed by atoms with Gasteiger partial charge in [-0.25, -0.2) is 9.59 Å². The first-order valence-corrected chi connectivity index (χ1v) is 12.4. The third-order valence-corrected chi connectivity index (χ3v) is 8.58. The molecule has 2 aliphatic carbocycles. The fraction of sp³-hybridized carbons (Fsp3) is 0.833. The number of likely N-dealkylation sites (tertiary alicyclic amines) is 1. The molecule has 0 bridgehead atoms. The van der Waals surface area contributed by atoms with Crippen LogP contribution in [0, 0.1) is 23.2 Å². The number of esters is 1. The van der Waals surface area contributed by atoms with Crippen LogP contribution >= 0.6 is 0 Å². The number of hydrogen-bond acceptors (Lipinski definition) is 7. The van der Waals surface area contributed by atoms with E-state index in [0.717, 1.165) is 51.9 Å². The van der Waals surface area contributed by atoms with Crippen molar-refractivity contribution in [1.82, 2.24) is 10.2 Å². The Hall–Kier alpha value is -2.20. The maximum Gasteiger partial charge on any atom is 0.414 e. The van der Waals surface area contributed by atoms with Crippen molar-refractivity contribution >= 4 is 23.8 Å². The van der Waals surface area contributed by atoms with Crippen LogP contribution in [0.15, 0.2) is 0 Å². The summed E-state index contributed by atoms with van der Waals surface area (Å²) in [6.07, 6.45) is 8.48. The van der Waals surface area contributed by atoms with E-state index in [0.29, 0.717) is 24.8 Å². The highest BCUT2D eigenvalue weighted by atomic mass is 16.6. The molecule has 2 saturated carbocycles. The fourth-order valence-electron chi connectivity index (χ4n) is 6.78. The minimum atomic E-state index is -1.82. The third-order valence-electron chi connectivity index (χ3n) is 8.58. The van der Waals surface area contributed by atoms with Crippen LogP contribution in [-0.4, -0.2) is 83.4 Å². The summed E-state index contributed by atoms with van der Waals surface area (Å²) in [5, 5.41) is 18.3. The predicted octanol–water partition coefficient (Wildman–Crippen LogP) is 1.27. The average Bonchev–Trinajstić information content (AvgIpc) is 3.32. The number of fused-ring (bicyclic) bond motifs is 3. The second-order valence-corrected chi connectivity index (χ2v) is 10.8. The normalized spacial score (nSPS) is 38.0. The second kappa shape index (κ2) is 9.81. The molecule has 34 heavy (non-hydrogen) atoms. The summed E-state index contributed by atoms with van der Waals surface area (Å²) < 4.78 is 11.8. The first kappa shape index (κ1) is 24.9. The van der Waals surface area contributed by atoms with Crippen LogP contribution in [0.25, 0.3) is 0 Å². The first-order chi connectivity index (χ1) is 16.2. The molecule has 6 atom stereocenters. The number of carboxylic acid groups (broad SMARTS) is 2. The van der Waals surface area contributed by atoms with Crippen LogP contribution in [0.1, 0.15) is 58.3 Å². The molecule has 3 unspecified atom stereocenters. The number of rotatable bonds is 6. The molecular weight excluding hydrogens is 444 g/mol. The number of aliphatic carboxylic acids is 2. The van der Waals surface area contributed by atoms with Crippen LogP contribution < -0.4 is 5.32 Å². The highest BCUT2D eigenvalue weighted by molar-refractivity contribution is 6.27. The molecule has 3 saturated heterocycles. The molecule has 0 radical (unpaired) electrons. The topological polar surface area (TPSA) is 146 Å².